The Hall–Kier alpha value is -4.58. The first-order valence-electron chi connectivity index (χ1n) is 14.7. The molecule has 0 bridgehead atoms. The topological polar surface area (TPSA) is 105 Å². The summed E-state index contributed by atoms with van der Waals surface area (Å²) in [4.78, 5) is 0.182. The van der Waals surface area contributed by atoms with Crippen LogP contribution in [0.15, 0.2) is 107 Å². The zero-order valence-electron chi connectivity index (χ0n) is 26.6. The summed E-state index contributed by atoms with van der Waals surface area (Å²) >= 11 is 0. The molecular formula is C37H36O8S2. The highest BCUT2D eigenvalue weighted by Crippen LogP contribution is 2.33. The third-order valence-corrected chi connectivity index (χ3v) is 9.77. The van der Waals surface area contributed by atoms with Crippen LogP contribution in [0.25, 0.3) is 0 Å². The smallest absolute Gasteiger partial charge is 0.297 e. The summed E-state index contributed by atoms with van der Waals surface area (Å²) in [5, 5.41) is 0. The molecule has 0 radical (unpaired) electrons. The Morgan fingerprint density at radius 2 is 0.809 bits per heavy atom. The van der Waals surface area contributed by atoms with Gasteiger partial charge in [0.05, 0.1) is 9.79 Å². The van der Waals surface area contributed by atoms with E-state index in [9.17, 15) is 16.8 Å². The summed E-state index contributed by atoms with van der Waals surface area (Å²) in [7, 11) is -7.71. The van der Waals surface area contributed by atoms with Gasteiger partial charge in [0.15, 0.2) is 0 Å². The van der Waals surface area contributed by atoms with E-state index in [2.05, 4.69) is 37.5 Å². The van der Waals surface area contributed by atoms with Crippen LogP contribution in [0.5, 0.6) is 11.5 Å². The van der Waals surface area contributed by atoms with Crippen molar-refractivity contribution < 1.29 is 34.7 Å². The monoisotopic (exact) mass is 672 g/mol. The van der Waals surface area contributed by atoms with Gasteiger partial charge in [0.2, 0.25) is 0 Å². The largest absolute Gasteiger partial charge is 0.481 e. The number of ether oxygens (including phenoxy) is 2. The Morgan fingerprint density at radius 1 is 0.489 bits per heavy atom. The van der Waals surface area contributed by atoms with E-state index >= 15 is 0 Å². The lowest BCUT2D eigenvalue weighted by Crippen LogP contribution is -2.18. The minimum absolute atomic E-state index is 0.0854. The van der Waals surface area contributed by atoms with Crippen LogP contribution in [0, 0.1) is 37.5 Å². The molecule has 10 heteroatoms. The number of rotatable bonds is 12. The molecule has 0 amide bonds. The maximum absolute atomic E-state index is 12.2. The molecule has 0 atom stereocenters. The van der Waals surface area contributed by atoms with E-state index in [4.69, 9.17) is 17.8 Å². The second kappa shape index (κ2) is 15.8. The van der Waals surface area contributed by atoms with Crippen molar-refractivity contribution in [3.8, 4) is 35.2 Å². The molecule has 4 aromatic rings. The van der Waals surface area contributed by atoms with Gasteiger partial charge >= 0.3 is 0 Å². The molecule has 0 aliphatic rings. The zero-order chi connectivity index (χ0) is 33.9. The summed E-state index contributed by atoms with van der Waals surface area (Å²) in [6.07, 6.45) is 0. The number of hydrogen-bond acceptors (Lipinski definition) is 8. The van der Waals surface area contributed by atoms with Gasteiger partial charge in [-0.2, -0.15) is 16.8 Å². The van der Waals surface area contributed by atoms with Gasteiger partial charge in [-0.05, 0) is 73.5 Å². The zero-order valence-corrected chi connectivity index (χ0v) is 28.3. The van der Waals surface area contributed by atoms with Crippen molar-refractivity contribution in [2.45, 2.75) is 42.9 Å². The Morgan fingerprint density at radius 3 is 1.15 bits per heavy atom. The molecule has 47 heavy (non-hydrogen) atoms. The quantitative estimate of drug-likeness (QED) is 0.129. The van der Waals surface area contributed by atoms with Gasteiger partial charge in [-0.25, -0.2) is 0 Å². The highest BCUT2D eigenvalue weighted by Gasteiger charge is 2.23. The SMILES string of the molecule is Cc1ccc(S(=O)(=O)OCC#CCOc2ccc(C(C)(C)c3ccc(OCC#CCOS(=O)(=O)c4ccc(C)cc4)cc3)cc2)cc1. The van der Waals surface area contributed by atoms with Crippen molar-refractivity contribution in [2.24, 2.45) is 0 Å². The molecule has 0 saturated heterocycles. The van der Waals surface area contributed by atoms with Gasteiger partial charge in [0.25, 0.3) is 20.2 Å². The molecule has 0 aliphatic heterocycles. The van der Waals surface area contributed by atoms with Gasteiger partial charge in [-0.3, -0.25) is 8.37 Å². The molecular weight excluding hydrogens is 637 g/mol. The van der Waals surface area contributed by atoms with E-state index in [0.717, 1.165) is 22.3 Å². The minimum atomic E-state index is -3.86. The van der Waals surface area contributed by atoms with Gasteiger partial charge in [-0.1, -0.05) is 97.2 Å². The van der Waals surface area contributed by atoms with Crippen LogP contribution >= 0.6 is 0 Å². The summed E-state index contributed by atoms with van der Waals surface area (Å²) in [5.74, 6) is 12.1. The average molecular weight is 673 g/mol. The van der Waals surface area contributed by atoms with Crippen molar-refractivity contribution in [1.82, 2.24) is 0 Å². The molecule has 0 heterocycles. The van der Waals surface area contributed by atoms with Crippen molar-refractivity contribution in [3.05, 3.63) is 119 Å². The van der Waals surface area contributed by atoms with E-state index in [1.807, 2.05) is 62.4 Å². The molecule has 0 spiro atoms. The Kier molecular flexibility index (Phi) is 11.9. The van der Waals surface area contributed by atoms with Crippen molar-refractivity contribution in [2.75, 3.05) is 26.4 Å². The second-order valence-corrected chi connectivity index (χ2v) is 14.2. The molecule has 0 fully saturated rings. The van der Waals surface area contributed by atoms with Crippen LogP contribution in [0.4, 0.5) is 0 Å². The van der Waals surface area contributed by atoms with Crippen LogP contribution in [0.1, 0.15) is 36.1 Å². The molecule has 0 saturated carbocycles. The Labute approximate surface area is 277 Å². The van der Waals surface area contributed by atoms with Crippen molar-refractivity contribution >= 4 is 20.2 Å². The third-order valence-electron chi connectivity index (χ3n) is 7.22. The van der Waals surface area contributed by atoms with E-state index in [1.165, 1.54) is 24.3 Å². The van der Waals surface area contributed by atoms with Crippen LogP contribution < -0.4 is 9.47 Å². The summed E-state index contributed by atoms with van der Waals surface area (Å²) < 4.78 is 70.2. The first-order valence-corrected chi connectivity index (χ1v) is 17.5. The highest BCUT2D eigenvalue weighted by molar-refractivity contribution is 7.87. The van der Waals surface area contributed by atoms with Crippen LogP contribution in [-0.2, 0) is 34.0 Å². The molecule has 0 N–H and O–H groups in total. The number of aryl methyl sites for hydroxylation is 2. The van der Waals surface area contributed by atoms with Crippen LogP contribution in [-0.4, -0.2) is 43.3 Å². The first kappa shape index (κ1) is 35.3. The fraction of sp³-hybridized carbons (Fsp3) is 0.243. The number of hydrogen-bond donors (Lipinski definition) is 0. The normalized spacial score (nSPS) is 11.5. The Bertz CT molecular complexity index is 1830. The second-order valence-electron chi connectivity index (χ2n) is 11.0. The van der Waals surface area contributed by atoms with E-state index < -0.39 is 20.2 Å². The molecule has 4 rings (SSSR count). The molecule has 244 valence electrons. The minimum Gasteiger partial charge on any atom is -0.481 e. The highest BCUT2D eigenvalue weighted by atomic mass is 32.2. The van der Waals surface area contributed by atoms with Crippen LogP contribution in [0.3, 0.4) is 0 Å². The molecule has 8 nitrogen and oxygen atoms in total. The maximum atomic E-state index is 12.2. The van der Waals surface area contributed by atoms with E-state index in [0.29, 0.717) is 11.5 Å². The molecule has 0 aromatic heterocycles. The average Bonchev–Trinajstić information content (AvgIpc) is 3.05. The fourth-order valence-electron chi connectivity index (χ4n) is 4.31. The lowest BCUT2D eigenvalue weighted by Gasteiger charge is -2.26. The Balaban J connectivity index is 1.21. The van der Waals surface area contributed by atoms with Gasteiger partial charge in [0, 0.05) is 5.41 Å². The summed E-state index contributed by atoms with van der Waals surface area (Å²) in [6.45, 7) is 7.63. The lowest BCUT2D eigenvalue weighted by molar-refractivity contribution is 0.358. The van der Waals surface area contributed by atoms with E-state index in [-0.39, 0.29) is 41.6 Å². The standard InChI is InChI=1S/C37H36O8S2/c1-29-9-21-35(22-10-29)46(38,39)44-27-7-5-25-42-33-17-13-31(14-18-33)37(3,4)32-15-19-34(20-16-32)43-26-6-8-28-45-47(40,41)36-23-11-30(2)12-24-36/h9-24H,25-28H2,1-4H3. The number of benzene rings is 4. The summed E-state index contributed by atoms with van der Waals surface area (Å²) in [6, 6.07) is 28.2. The van der Waals surface area contributed by atoms with Gasteiger partial charge in [0.1, 0.15) is 37.9 Å². The van der Waals surface area contributed by atoms with Crippen molar-refractivity contribution in [3.63, 3.8) is 0 Å². The molecule has 0 unspecified atom stereocenters. The maximum Gasteiger partial charge on any atom is 0.297 e. The lowest BCUT2D eigenvalue weighted by atomic mass is 9.78. The predicted molar refractivity (Wildman–Crippen MR) is 180 cm³/mol. The third kappa shape index (κ3) is 10.2. The van der Waals surface area contributed by atoms with Crippen molar-refractivity contribution in [1.29, 1.82) is 0 Å². The first-order chi connectivity index (χ1) is 22.4. The van der Waals surface area contributed by atoms with Crippen LogP contribution in [0.2, 0.25) is 0 Å². The molecule has 4 aromatic carbocycles. The summed E-state index contributed by atoms with van der Waals surface area (Å²) in [5.41, 5.74) is 3.75. The van der Waals surface area contributed by atoms with Gasteiger partial charge in [-0.15, -0.1) is 0 Å². The predicted octanol–water partition coefficient (Wildman–Crippen LogP) is 6.20. The van der Waals surface area contributed by atoms with Gasteiger partial charge < -0.3 is 9.47 Å². The fourth-order valence-corrected chi connectivity index (χ4v) is 5.94. The molecule has 0 aliphatic carbocycles. The van der Waals surface area contributed by atoms with E-state index in [1.54, 1.807) is 24.3 Å².